The van der Waals surface area contributed by atoms with Crippen molar-refractivity contribution >= 4 is 17.5 Å². The summed E-state index contributed by atoms with van der Waals surface area (Å²) >= 11 is 5.87. The van der Waals surface area contributed by atoms with E-state index < -0.39 is 0 Å². The number of hydrogen-bond acceptors (Lipinski definition) is 2. The minimum Gasteiger partial charge on any atom is -0.395 e. The molecule has 0 saturated heterocycles. The summed E-state index contributed by atoms with van der Waals surface area (Å²) in [5.41, 5.74) is 1.01. The van der Waals surface area contributed by atoms with Crippen molar-refractivity contribution in [2.75, 3.05) is 13.2 Å². The third kappa shape index (κ3) is 5.20. The van der Waals surface area contributed by atoms with Crippen LogP contribution in [0, 0.1) is 0 Å². The summed E-state index contributed by atoms with van der Waals surface area (Å²) in [6, 6.07) is 11.4. The molecule has 0 aliphatic heterocycles. The zero-order valence-electron chi connectivity index (χ0n) is 12.5. The lowest BCUT2D eigenvalue weighted by Crippen LogP contribution is -2.33. The molecule has 0 unspecified atom stereocenters. The molecule has 0 fully saturated rings. The summed E-state index contributed by atoms with van der Waals surface area (Å²) in [7, 11) is 0. The van der Waals surface area contributed by atoms with Gasteiger partial charge in [-0.3, -0.25) is 4.79 Å². The highest BCUT2D eigenvalue weighted by atomic mass is 35.5. The summed E-state index contributed by atoms with van der Waals surface area (Å²) in [6.45, 7) is 1.65. The van der Waals surface area contributed by atoms with Crippen LogP contribution in [0.4, 0.5) is 0 Å². The lowest BCUT2D eigenvalue weighted by Gasteiger charge is -2.22. The number of nitrogens with zero attached hydrogens (tertiary/aromatic N) is 2. The van der Waals surface area contributed by atoms with E-state index in [-0.39, 0.29) is 12.5 Å². The van der Waals surface area contributed by atoms with Gasteiger partial charge in [0.15, 0.2) is 0 Å². The predicted molar refractivity (Wildman–Crippen MR) is 87.6 cm³/mol. The van der Waals surface area contributed by atoms with Crippen molar-refractivity contribution in [2.45, 2.75) is 25.9 Å². The smallest absolute Gasteiger partial charge is 0.223 e. The molecule has 0 bridgehead atoms. The zero-order valence-corrected chi connectivity index (χ0v) is 13.2. The van der Waals surface area contributed by atoms with E-state index in [2.05, 4.69) is 4.57 Å². The van der Waals surface area contributed by atoms with Crippen molar-refractivity contribution in [3.63, 3.8) is 0 Å². The first kappa shape index (κ1) is 16.6. The van der Waals surface area contributed by atoms with Gasteiger partial charge in [0, 0.05) is 43.5 Å². The second-order valence-electron chi connectivity index (χ2n) is 5.19. The van der Waals surface area contributed by atoms with Crippen molar-refractivity contribution in [1.82, 2.24) is 9.47 Å². The van der Waals surface area contributed by atoms with Gasteiger partial charge in [0.2, 0.25) is 5.91 Å². The molecule has 1 N–H and O–H groups in total. The molecule has 118 valence electrons. The van der Waals surface area contributed by atoms with Gasteiger partial charge in [-0.15, -0.1) is 0 Å². The van der Waals surface area contributed by atoms with Gasteiger partial charge in [-0.2, -0.15) is 0 Å². The fourth-order valence-electron chi connectivity index (χ4n) is 2.31. The van der Waals surface area contributed by atoms with Gasteiger partial charge in [-0.05, 0) is 36.2 Å². The topological polar surface area (TPSA) is 45.5 Å². The average molecular weight is 321 g/mol. The summed E-state index contributed by atoms with van der Waals surface area (Å²) in [5, 5.41) is 9.84. The molecule has 0 atom stereocenters. The molecule has 0 radical (unpaired) electrons. The summed E-state index contributed by atoms with van der Waals surface area (Å²) in [4.78, 5) is 14.0. The Bertz CT molecular complexity index is 567. The minimum absolute atomic E-state index is 0.0308. The SMILES string of the molecule is O=C(CCCn1cccc1)N(CCO)Cc1ccc(Cl)cc1. The van der Waals surface area contributed by atoms with Crippen LogP contribution in [0.15, 0.2) is 48.8 Å². The van der Waals surface area contributed by atoms with E-state index in [0.29, 0.717) is 24.5 Å². The number of halogens is 1. The molecule has 1 heterocycles. The largest absolute Gasteiger partial charge is 0.395 e. The first-order chi connectivity index (χ1) is 10.7. The zero-order chi connectivity index (χ0) is 15.8. The average Bonchev–Trinajstić information content (AvgIpc) is 3.02. The number of benzene rings is 1. The Morgan fingerprint density at radius 2 is 1.86 bits per heavy atom. The van der Waals surface area contributed by atoms with Gasteiger partial charge in [0.1, 0.15) is 0 Å². The van der Waals surface area contributed by atoms with Crippen LogP contribution in [0.2, 0.25) is 5.02 Å². The van der Waals surface area contributed by atoms with E-state index in [1.165, 1.54) is 0 Å². The predicted octanol–water partition coefficient (Wildman–Crippen LogP) is 2.94. The highest BCUT2D eigenvalue weighted by Crippen LogP contribution is 2.12. The maximum absolute atomic E-state index is 12.3. The fraction of sp³-hybridized carbons (Fsp3) is 0.353. The van der Waals surface area contributed by atoms with Gasteiger partial charge in [0.25, 0.3) is 0 Å². The molecular formula is C17H21ClN2O2. The number of hydrogen-bond donors (Lipinski definition) is 1. The van der Waals surface area contributed by atoms with E-state index >= 15 is 0 Å². The van der Waals surface area contributed by atoms with Crippen LogP contribution in [-0.2, 0) is 17.9 Å². The molecule has 0 saturated carbocycles. The van der Waals surface area contributed by atoms with Crippen LogP contribution in [0.3, 0.4) is 0 Å². The maximum atomic E-state index is 12.3. The van der Waals surface area contributed by atoms with Crippen LogP contribution in [0.5, 0.6) is 0 Å². The molecule has 0 aliphatic carbocycles. The maximum Gasteiger partial charge on any atom is 0.223 e. The Balaban J connectivity index is 1.85. The standard InChI is InChI=1S/C17H21ClN2O2/c18-16-7-5-15(6-8-16)14-20(12-13-21)17(22)4-3-11-19-9-1-2-10-19/h1-2,5-10,21H,3-4,11-14H2. The van der Waals surface area contributed by atoms with E-state index in [1.54, 1.807) is 4.90 Å². The number of aliphatic hydroxyl groups is 1. The lowest BCUT2D eigenvalue weighted by molar-refractivity contribution is -0.132. The van der Waals surface area contributed by atoms with Crippen LogP contribution in [-0.4, -0.2) is 33.6 Å². The van der Waals surface area contributed by atoms with Crippen LogP contribution in [0.1, 0.15) is 18.4 Å². The van der Waals surface area contributed by atoms with Gasteiger partial charge in [0.05, 0.1) is 6.61 Å². The number of amides is 1. The first-order valence-electron chi connectivity index (χ1n) is 7.43. The lowest BCUT2D eigenvalue weighted by atomic mass is 10.2. The third-order valence-electron chi connectivity index (χ3n) is 3.48. The van der Waals surface area contributed by atoms with Crippen molar-refractivity contribution < 1.29 is 9.90 Å². The third-order valence-corrected chi connectivity index (χ3v) is 3.73. The number of carbonyl (C=O) groups is 1. The van der Waals surface area contributed by atoms with Crippen molar-refractivity contribution in [3.8, 4) is 0 Å². The molecule has 0 spiro atoms. The second-order valence-corrected chi connectivity index (χ2v) is 5.63. The normalized spacial score (nSPS) is 10.6. The van der Waals surface area contributed by atoms with E-state index in [0.717, 1.165) is 18.5 Å². The number of aliphatic hydroxyl groups excluding tert-OH is 1. The van der Waals surface area contributed by atoms with Crippen molar-refractivity contribution in [1.29, 1.82) is 0 Å². The number of aromatic nitrogens is 1. The molecule has 22 heavy (non-hydrogen) atoms. The number of aryl methyl sites for hydroxylation is 1. The molecule has 5 heteroatoms. The van der Waals surface area contributed by atoms with E-state index in [4.69, 9.17) is 16.7 Å². The van der Waals surface area contributed by atoms with Crippen LogP contribution in [0.25, 0.3) is 0 Å². The van der Waals surface area contributed by atoms with Crippen LogP contribution < -0.4 is 0 Å². The minimum atomic E-state index is -0.0308. The Labute approximate surface area is 135 Å². The van der Waals surface area contributed by atoms with E-state index in [9.17, 15) is 4.79 Å². The van der Waals surface area contributed by atoms with Crippen molar-refractivity contribution in [3.05, 3.63) is 59.4 Å². The van der Waals surface area contributed by atoms with Crippen LogP contribution >= 0.6 is 11.6 Å². The monoisotopic (exact) mass is 320 g/mol. The Morgan fingerprint density at radius 1 is 1.18 bits per heavy atom. The van der Waals surface area contributed by atoms with Gasteiger partial charge in [-0.25, -0.2) is 0 Å². The van der Waals surface area contributed by atoms with Gasteiger partial charge < -0.3 is 14.6 Å². The van der Waals surface area contributed by atoms with Crippen molar-refractivity contribution in [2.24, 2.45) is 0 Å². The van der Waals surface area contributed by atoms with Gasteiger partial charge in [-0.1, -0.05) is 23.7 Å². The Morgan fingerprint density at radius 3 is 2.50 bits per heavy atom. The highest BCUT2D eigenvalue weighted by Gasteiger charge is 2.13. The van der Waals surface area contributed by atoms with Gasteiger partial charge >= 0.3 is 0 Å². The Kier molecular flexibility index (Phi) is 6.49. The molecule has 4 nitrogen and oxygen atoms in total. The molecule has 0 aliphatic rings. The Hall–Kier alpha value is -1.78. The quantitative estimate of drug-likeness (QED) is 0.813. The molecule has 1 amide bonds. The highest BCUT2D eigenvalue weighted by molar-refractivity contribution is 6.30. The molecule has 1 aromatic carbocycles. The van der Waals surface area contributed by atoms with E-state index in [1.807, 2.05) is 48.8 Å². The summed E-state index contributed by atoms with van der Waals surface area (Å²) in [6.07, 6.45) is 5.25. The second kappa shape index (κ2) is 8.61. The summed E-state index contributed by atoms with van der Waals surface area (Å²) < 4.78 is 2.06. The fourth-order valence-corrected chi connectivity index (χ4v) is 2.44. The first-order valence-corrected chi connectivity index (χ1v) is 7.80. The molecule has 1 aromatic heterocycles. The molecule has 2 aromatic rings. The molecular weight excluding hydrogens is 300 g/mol. The number of carbonyl (C=O) groups excluding carboxylic acids is 1. The number of rotatable bonds is 8. The molecule has 2 rings (SSSR count). The summed E-state index contributed by atoms with van der Waals surface area (Å²) in [5.74, 6) is 0.0659.